The third-order valence-corrected chi connectivity index (χ3v) is 7.34. The molecule has 35 heavy (non-hydrogen) atoms. The van der Waals surface area contributed by atoms with Crippen LogP contribution in [-0.2, 0) is 14.3 Å². The summed E-state index contributed by atoms with van der Waals surface area (Å²) < 4.78 is 43.4. The maximum absolute atomic E-state index is 16.2. The van der Waals surface area contributed by atoms with Crippen LogP contribution in [0, 0.1) is 11.6 Å². The van der Waals surface area contributed by atoms with Crippen molar-refractivity contribution in [3.63, 3.8) is 0 Å². The van der Waals surface area contributed by atoms with E-state index in [1.54, 1.807) is 18.3 Å². The van der Waals surface area contributed by atoms with E-state index in [0.717, 1.165) is 29.8 Å². The van der Waals surface area contributed by atoms with E-state index >= 15 is 4.39 Å². The van der Waals surface area contributed by atoms with Crippen LogP contribution < -0.4 is 0 Å². The molecule has 0 amide bonds. The number of benzene rings is 2. The number of nitrogens with one attached hydrogen (secondary N) is 1. The van der Waals surface area contributed by atoms with Gasteiger partial charge in [0, 0.05) is 47.2 Å². The zero-order chi connectivity index (χ0) is 24.1. The molecular formula is C26H25F2N3O4. The summed E-state index contributed by atoms with van der Waals surface area (Å²) in [6, 6.07) is 8.13. The van der Waals surface area contributed by atoms with Gasteiger partial charge in [0.15, 0.2) is 11.9 Å². The van der Waals surface area contributed by atoms with E-state index in [9.17, 15) is 14.3 Å². The van der Waals surface area contributed by atoms with E-state index in [1.807, 2.05) is 10.6 Å². The van der Waals surface area contributed by atoms with Gasteiger partial charge in [-0.25, -0.2) is 13.6 Å². The van der Waals surface area contributed by atoms with Gasteiger partial charge in [0.2, 0.25) is 0 Å². The molecule has 0 saturated carbocycles. The summed E-state index contributed by atoms with van der Waals surface area (Å²) in [6.45, 7) is 1.39. The zero-order valence-corrected chi connectivity index (χ0v) is 19.0. The minimum Gasteiger partial charge on any atom is -0.479 e. The number of hydrogen-bond donors (Lipinski definition) is 2. The Kier molecular flexibility index (Phi) is 5.53. The first-order chi connectivity index (χ1) is 17.0. The number of fused-ring (bicyclic) bond motifs is 2. The fourth-order valence-corrected chi connectivity index (χ4v) is 5.68. The Morgan fingerprint density at radius 3 is 2.54 bits per heavy atom. The normalized spacial score (nSPS) is 21.7. The van der Waals surface area contributed by atoms with Crippen LogP contribution in [0.3, 0.4) is 0 Å². The lowest BCUT2D eigenvalue weighted by molar-refractivity contribution is -0.153. The quantitative estimate of drug-likeness (QED) is 0.427. The molecule has 182 valence electrons. The average Bonchev–Trinajstić information content (AvgIpc) is 3.49. The molecule has 2 fully saturated rings. The number of carbonyl (C=O) groups is 1. The first-order valence-corrected chi connectivity index (χ1v) is 11.9. The fourth-order valence-electron chi connectivity index (χ4n) is 5.68. The number of aromatic nitrogens is 3. The van der Waals surface area contributed by atoms with Crippen LogP contribution in [0.25, 0.3) is 27.5 Å². The first-order valence-electron chi connectivity index (χ1n) is 11.9. The molecule has 2 aliphatic rings. The lowest BCUT2D eigenvalue weighted by atomic mass is 9.84. The number of hydrogen-bond acceptors (Lipinski definition) is 4. The van der Waals surface area contributed by atoms with E-state index < -0.39 is 12.1 Å². The highest BCUT2D eigenvalue weighted by Gasteiger charge is 2.36. The molecular weight excluding hydrogens is 456 g/mol. The number of aliphatic carboxylic acids is 1. The molecule has 0 radical (unpaired) electrons. The highest BCUT2D eigenvalue weighted by atomic mass is 19.1. The fraction of sp³-hybridized carbons (Fsp3) is 0.385. The molecule has 2 aromatic heterocycles. The number of aromatic amines is 1. The maximum Gasteiger partial charge on any atom is 0.332 e. The van der Waals surface area contributed by atoms with Gasteiger partial charge in [0.25, 0.3) is 0 Å². The van der Waals surface area contributed by atoms with Crippen LogP contribution >= 0.6 is 0 Å². The summed E-state index contributed by atoms with van der Waals surface area (Å²) in [5.74, 6) is -1.79. The van der Waals surface area contributed by atoms with Gasteiger partial charge in [-0.2, -0.15) is 5.10 Å². The van der Waals surface area contributed by atoms with Crippen LogP contribution in [0.2, 0.25) is 0 Å². The second kappa shape index (κ2) is 8.73. The van der Waals surface area contributed by atoms with E-state index in [1.165, 1.54) is 12.1 Å². The van der Waals surface area contributed by atoms with Crippen molar-refractivity contribution in [1.29, 1.82) is 0 Å². The molecule has 6 rings (SSSR count). The highest BCUT2D eigenvalue weighted by Crippen LogP contribution is 2.46. The van der Waals surface area contributed by atoms with Gasteiger partial charge in [-0.05, 0) is 61.6 Å². The van der Waals surface area contributed by atoms with Gasteiger partial charge >= 0.3 is 5.97 Å². The average molecular weight is 481 g/mol. The van der Waals surface area contributed by atoms with Crippen LogP contribution in [0.15, 0.2) is 36.5 Å². The molecule has 0 bridgehead atoms. The molecule has 0 spiro atoms. The Hall–Kier alpha value is -3.30. The lowest BCUT2D eigenvalue weighted by Crippen LogP contribution is -2.32. The van der Waals surface area contributed by atoms with E-state index in [2.05, 4.69) is 10.2 Å². The van der Waals surface area contributed by atoms with Crippen molar-refractivity contribution in [3.05, 3.63) is 59.4 Å². The number of H-pyrrole nitrogens is 1. The van der Waals surface area contributed by atoms with Crippen LogP contribution in [0.1, 0.15) is 48.8 Å². The van der Waals surface area contributed by atoms with E-state index in [-0.39, 0.29) is 30.1 Å². The molecule has 0 aliphatic carbocycles. The smallest absolute Gasteiger partial charge is 0.332 e. The maximum atomic E-state index is 16.2. The van der Waals surface area contributed by atoms with Gasteiger partial charge in [0.05, 0.1) is 18.3 Å². The van der Waals surface area contributed by atoms with Crippen molar-refractivity contribution in [2.24, 2.45) is 0 Å². The molecule has 4 heterocycles. The van der Waals surface area contributed by atoms with Gasteiger partial charge in [-0.3, -0.25) is 5.10 Å². The third-order valence-electron chi connectivity index (χ3n) is 7.34. The predicted molar refractivity (Wildman–Crippen MR) is 125 cm³/mol. The standard InChI is InChI=1S/C26H25F2N3O4/c27-17-2-4-18(5-3-17)31-19-11-16-12-29-30-24(16)23(28)22(19)21(25(31)14-7-9-34-10-8-14)15-1-6-20(26(32)33)35-13-15/h2-5,11-12,14-15,20H,1,6-10,13H2,(H,29,30)(H,32,33)/t15-,20?/m0/s1. The number of ether oxygens (including phenoxy) is 2. The second-order valence-corrected chi connectivity index (χ2v) is 9.35. The van der Waals surface area contributed by atoms with E-state index in [0.29, 0.717) is 47.9 Å². The van der Waals surface area contributed by atoms with Crippen molar-refractivity contribution in [3.8, 4) is 5.69 Å². The molecule has 2 aromatic carbocycles. The largest absolute Gasteiger partial charge is 0.479 e. The lowest BCUT2D eigenvalue weighted by Gasteiger charge is -2.31. The number of halogens is 2. The molecule has 2 saturated heterocycles. The summed E-state index contributed by atoms with van der Waals surface area (Å²) in [5, 5.41) is 17.3. The molecule has 2 atom stereocenters. The van der Waals surface area contributed by atoms with Gasteiger partial charge < -0.3 is 19.1 Å². The zero-order valence-electron chi connectivity index (χ0n) is 19.0. The molecule has 7 nitrogen and oxygen atoms in total. The second-order valence-electron chi connectivity index (χ2n) is 9.35. The van der Waals surface area contributed by atoms with Crippen LogP contribution in [-0.4, -0.2) is 51.8 Å². The summed E-state index contributed by atoms with van der Waals surface area (Å²) in [5.41, 5.74) is 3.56. The van der Waals surface area contributed by atoms with Crippen molar-refractivity contribution in [2.75, 3.05) is 19.8 Å². The topological polar surface area (TPSA) is 89.4 Å². The Balaban J connectivity index is 1.64. The molecule has 2 aliphatic heterocycles. The minimum absolute atomic E-state index is 0.101. The Morgan fingerprint density at radius 1 is 1.09 bits per heavy atom. The molecule has 4 aromatic rings. The van der Waals surface area contributed by atoms with E-state index in [4.69, 9.17) is 9.47 Å². The summed E-state index contributed by atoms with van der Waals surface area (Å²) in [4.78, 5) is 11.5. The van der Waals surface area contributed by atoms with Gasteiger partial charge in [0.1, 0.15) is 11.3 Å². The summed E-state index contributed by atoms with van der Waals surface area (Å²) >= 11 is 0. The molecule has 9 heteroatoms. The highest BCUT2D eigenvalue weighted by molar-refractivity contribution is 5.99. The Morgan fingerprint density at radius 2 is 1.86 bits per heavy atom. The number of nitrogens with zero attached hydrogens (tertiary/aromatic N) is 2. The predicted octanol–water partition coefficient (Wildman–Crippen LogP) is 5.03. The van der Waals surface area contributed by atoms with Crippen molar-refractivity contribution in [1.82, 2.24) is 14.8 Å². The summed E-state index contributed by atoms with van der Waals surface area (Å²) in [7, 11) is 0. The first kappa shape index (κ1) is 22.2. The van der Waals surface area contributed by atoms with Gasteiger partial charge in [-0.15, -0.1) is 0 Å². The molecule has 2 N–H and O–H groups in total. The molecule has 1 unspecified atom stereocenters. The Labute approximate surface area is 199 Å². The van der Waals surface area contributed by atoms with Crippen molar-refractivity contribution in [2.45, 2.75) is 43.6 Å². The number of carboxylic acids is 1. The number of rotatable bonds is 4. The monoisotopic (exact) mass is 481 g/mol. The van der Waals surface area contributed by atoms with Crippen LogP contribution in [0.4, 0.5) is 8.78 Å². The minimum atomic E-state index is -0.979. The van der Waals surface area contributed by atoms with Crippen LogP contribution in [0.5, 0.6) is 0 Å². The Bertz CT molecular complexity index is 1400. The van der Waals surface area contributed by atoms with Crippen molar-refractivity contribution >= 4 is 27.8 Å². The summed E-state index contributed by atoms with van der Waals surface area (Å²) in [6.07, 6.45) is 3.20. The third kappa shape index (κ3) is 3.70. The van der Waals surface area contributed by atoms with Crippen molar-refractivity contribution < 1.29 is 28.2 Å². The SMILES string of the molecule is O=C(O)C1CC[C@H](c2c(C3CCOCC3)n(-c3ccc(F)cc3)c3cc4cn[nH]c4c(F)c23)CO1. The van der Waals surface area contributed by atoms with Gasteiger partial charge in [-0.1, -0.05) is 0 Å². The number of carboxylic acid groups (broad SMARTS) is 1.